The van der Waals surface area contributed by atoms with Gasteiger partial charge in [0.05, 0.1) is 20.8 Å². The molecule has 0 aliphatic heterocycles. The molecular formula is C17H14Cl3NO2. The van der Waals surface area contributed by atoms with E-state index in [0.717, 1.165) is 24.0 Å². The van der Waals surface area contributed by atoms with E-state index in [9.17, 15) is 10.2 Å². The molecule has 2 saturated carbocycles. The summed E-state index contributed by atoms with van der Waals surface area (Å²) in [6, 6.07) is 3.23. The van der Waals surface area contributed by atoms with Crippen LogP contribution in [0.3, 0.4) is 0 Å². The maximum atomic E-state index is 10.8. The van der Waals surface area contributed by atoms with E-state index < -0.39 is 0 Å². The molecule has 4 aliphatic rings. The molecule has 0 radical (unpaired) electrons. The summed E-state index contributed by atoms with van der Waals surface area (Å²) in [5, 5.41) is 22.5. The topological polar surface area (TPSA) is 45.4 Å². The second kappa shape index (κ2) is 4.53. The van der Waals surface area contributed by atoms with E-state index in [1.54, 1.807) is 12.1 Å². The first-order valence-electron chi connectivity index (χ1n) is 7.80. The average Bonchev–Trinajstić information content (AvgIpc) is 3.29. The van der Waals surface area contributed by atoms with Crippen LogP contribution in [-0.4, -0.2) is 14.8 Å². The highest BCUT2D eigenvalue weighted by molar-refractivity contribution is 6.48. The summed E-state index contributed by atoms with van der Waals surface area (Å²) < 4.78 is 1.45. The lowest BCUT2D eigenvalue weighted by atomic mass is 9.68. The lowest BCUT2D eigenvalue weighted by Crippen LogP contribution is -2.22. The number of fused-ring (bicyclic) bond motifs is 1. The molecule has 0 unspecified atom stereocenters. The van der Waals surface area contributed by atoms with E-state index in [2.05, 4.69) is 0 Å². The SMILES string of the molecule is Oc1c2c(c(O)n1-c1cc(Cl)c(Cl)c(Cl)c1)[C@@H]1CC[C@H]2[C@H]2C[C@H]21. The van der Waals surface area contributed by atoms with E-state index in [0.29, 0.717) is 39.4 Å². The predicted octanol–water partition coefficient (Wildman–Crippen LogP) is 5.46. The maximum absolute atomic E-state index is 10.8. The number of aromatic nitrogens is 1. The smallest absolute Gasteiger partial charge is 0.202 e. The monoisotopic (exact) mass is 369 g/mol. The van der Waals surface area contributed by atoms with Crippen LogP contribution >= 0.6 is 34.8 Å². The molecule has 0 spiro atoms. The Kier molecular flexibility index (Phi) is 2.82. The quantitative estimate of drug-likeness (QED) is 0.655. The van der Waals surface area contributed by atoms with Crippen molar-refractivity contribution in [3.63, 3.8) is 0 Å². The minimum Gasteiger partial charge on any atom is -0.494 e. The summed E-state index contributed by atoms with van der Waals surface area (Å²) in [7, 11) is 0. The number of halogens is 3. The van der Waals surface area contributed by atoms with Gasteiger partial charge >= 0.3 is 0 Å². The molecule has 1 aromatic carbocycles. The van der Waals surface area contributed by atoms with Crippen molar-refractivity contribution in [2.45, 2.75) is 31.1 Å². The van der Waals surface area contributed by atoms with Crippen LogP contribution in [0.25, 0.3) is 5.69 Å². The van der Waals surface area contributed by atoms with E-state index in [-0.39, 0.29) is 16.8 Å². The van der Waals surface area contributed by atoms with Crippen molar-refractivity contribution in [2.75, 3.05) is 0 Å². The molecule has 4 atom stereocenters. The maximum Gasteiger partial charge on any atom is 0.202 e. The van der Waals surface area contributed by atoms with Gasteiger partial charge in [0.25, 0.3) is 0 Å². The van der Waals surface area contributed by atoms with Crippen LogP contribution in [0.1, 0.15) is 42.2 Å². The molecule has 3 nitrogen and oxygen atoms in total. The highest BCUT2D eigenvalue weighted by Gasteiger charge is 2.58. The number of hydrogen-bond donors (Lipinski definition) is 2. The van der Waals surface area contributed by atoms with Crippen LogP contribution in [0, 0.1) is 11.8 Å². The van der Waals surface area contributed by atoms with E-state index in [1.165, 1.54) is 11.0 Å². The van der Waals surface area contributed by atoms with Gasteiger partial charge in [-0.2, -0.15) is 0 Å². The van der Waals surface area contributed by atoms with Crippen molar-refractivity contribution < 1.29 is 10.2 Å². The lowest BCUT2D eigenvalue weighted by molar-refractivity contribution is 0.322. The summed E-state index contributed by atoms with van der Waals surface area (Å²) in [6.07, 6.45) is 3.41. The molecule has 23 heavy (non-hydrogen) atoms. The number of hydrogen-bond acceptors (Lipinski definition) is 2. The molecule has 0 amide bonds. The summed E-state index contributed by atoms with van der Waals surface area (Å²) in [5.41, 5.74) is 2.39. The van der Waals surface area contributed by atoms with Gasteiger partial charge in [0.2, 0.25) is 11.8 Å². The van der Waals surface area contributed by atoms with Gasteiger partial charge in [-0.1, -0.05) is 34.8 Å². The van der Waals surface area contributed by atoms with Crippen LogP contribution < -0.4 is 0 Å². The van der Waals surface area contributed by atoms with E-state index in [1.807, 2.05) is 0 Å². The second-order valence-corrected chi connectivity index (χ2v) is 8.08. The fourth-order valence-electron chi connectivity index (χ4n) is 4.89. The summed E-state index contributed by atoms with van der Waals surface area (Å²) in [4.78, 5) is 0. The molecule has 1 heterocycles. The Labute approximate surface area is 148 Å². The summed E-state index contributed by atoms with van der Waals surface area (Å²) >= 11 is 18.2. The zero-order chi connectivity index (χ0) is 16.0. The summed E-state index contributed by atoms with van der Waals surface area (Å²) in [5.74, 6) is 2.33. The fourth-order valence-corrected chi connectivity index (χ4v) is 5.48. The van der Waals surface area contributed by atoms with E-state index >= 15 is 0 Å². The van der Waals surface area contributed by atoms with Crippen LogP contribution in [0.5, 0.6) is 11.8 Å². The van der Waals surface area contributed by atoms with Crippen molar-refractivity contribution in [2.24, 2.45) is 11.8 Å². The van der Waals surface area contributed by atoms with Gasteiger partial charge in [-0.05, 0) is 55.1 Å². The third-order valence-electron chi connectivity index (χ3n) is 5.88. The Balaban J connectivity index is 1.75. The first-order chi connectivity index (χ1) is 11.0. The van der Waals surface area contributed by atoms with Gasteiger partial charge in [-0.25, -0.2) is 0 Å². The molecular weight excluding hydrogens is 357 g/mol. The fraction of sp³-hybridized carbons (Fsp3) is 0.412. The Morgan fingerprint density at radius 3 is 1.83 bits per heavy atom. The second-order valence-electron chi connectivity index (χ2n) is 6.89. The van der Waals surface area contributed by atoms with Crippen molar-refractivity contribution >= 4 is 34.8 Å². The largest absolute Gasteiger partial charge is 0.494 e. The molecule has 0 saturated heterocycles. The molecule has 6 rings (SSSR count). The highest BCUT2D eigenvalue weighted by atomic mass is 35.5. The van der Waals surface area contributed by atoms with Gasteiger partial charge in [-0.15, -0.1) is 0 Å². The van der Waals surface area contributed by atoms with Crippen LogP contribution in [-0.2, 0) is 0 Å². The molecule has 2 N–H and O–H groups in total. The number of aromatic hydroxyl groups is 2. The zero-order valence-electron chi connectivity index (χ0n) is 12.1. The Morgan fingerprint density at radius 1 is 0.870 bits per heavy atom. The van der Waals surface area contributed by atoms with Gasteiger partial charge in [0, 0.05) is 11.1 Å². The van der Waals surface area contributed by atoms with Crippen LogP contribution in [0.4, 0.5) is 0 Å². The Morgan fingerprint density at radius 2 is 1.35 bits per heavy atom. The van der Waals surface area contributed by atoms with Crippen LogP contribution in [0.2, 0.25) is 15.1 Å². The molecule has 2 aromatic rings. The van der Waals surface area contributed by atoms with Gasteiger partial charge in [0.15, 0.2) is 0 Å². The predicted molar refractivity (Wildman–Crippen MR) is 90.4 cm³/mol. The normalized spacial score (nSPS) is 30.2. The Bertz CT molecular complexity index is 798. The number of rotatable bonds is 1. The third-order valence-corrected chi connectivity index (χ3v) is 7.07. The van der Waals surface area contributed by atoms with Gasteiger partial charge < -0.3 is 10.2 Å². The van der Waals surface area contributed by atoms with E-state index in [4.69, 9.17) is 34.8 Å². The first-order valence-corrected chi connectivity index (χ1v) is 8.93. The highest BCUT2D eigenvalue weighted by Crippen LogP contribution is 2.70. The minimum absolute atomic E-state index is 0.118. The van der Waals surface area contributed by atoms with Gasteiger partial charge in [-0.3, -0.25) is 4.57 Å². The van der Waals surface area contributed by atoms with Crippen molar-refractivity contribution in [3.05, 3.63) is 38.3 Å². The lowest BCUT2D eigenvalue weighted by Gasteiger charge is -2.35. The minimum atomic E-state index is 0.118. The van der Waals surface area contributed by atoms with Crippen LogP contribution in [0.15, 0.2) is 12.1 Å². The molecule has 4 aliphatic carbocycles. The number of benzene rings is 1. The summed E-state index contributed by atoms with van der Waals surface area (Å²) in [6.45, 7) is 0. The zero-order valence-corrected chi connectivity index (χ0v) is 14.3. The third kappa shape index (κ3) is 1.73. The van der Waals surface area contributed by atoms with Gasteiger partial charge in [0.1, 0.15) is 0 Å². The number of nitrogens with zero attached hydrogens (tertiary/aromatic N) is 1. The molecule has 6 heteroatoms. The first kappa shape index (κ1) is 14.3. The van der Waals surface area contributed by atoms with Crippen molar-refractivity contribution in [3.8, 4) is 17.4 Å². The molecule has 2 bridgehead atoms. The van der Waals surface area contributed by atoms with Crippen molar-refractivity contribution in [1.29, 1.82) is 0 Å². The Hall–Kier alpha value is -1.03. The molecule has 120 valence electrons. The average molecular weight is 371 g/mol. The molecule has 2 fully saturated rings. The molecule has 1 aromatic heterocycles. The standard InChI is InChI=1S/C17H14Cl3NO2/c18-11-3-6(4-12(19)15(11)20)21-16(22)13-7-1-2-8(10-5-9(7)10)14(13)17(21)23/h3-4,7-10,22-23H,1-2,5H2/t7-,8+,9+,10-. The van der Waals surface area contributed by atoms with Crippen molar-refractivity contribution in [1.82, 2.24) is 4.57 Å².